The van der Waals surface area contributed by atoms with Gasteiger partial charge in [-0.3, -0.25) is 9.59 Å². The topological polar surface area (TPSA) is 69.3 Å². The molecule has 0 saturated carbocycles. The molecule has 0 radical (unpaired) electrons. The number of hydrogen-bond acceptors (Lipinski definition) is 4. The van der Waals surface area contributed by atoms with Crippen molar-refractivity contribution in [2.75, 3.05) is 24.5 Å². The molecule has 27 heavy (non-hydrogen) atoms. The standard InChI is InChI=1S/C17H16ClF3N4O2/c1-10-15(14(18)16(27)23-22-10)25-7-6-24(13(26)9-25)8-11-4-2-3-5-12(11)17(19,20)21/h2-5H,6-9H2,1H3,(H,23,27). The molecular formula is C17H16ClF3N4O2. The molecule has 1 saturated heterocycles. The van der Waals surface area contributed by atoms with E-state index in [0.29, 0.717) is 17.9 Å². The Morgan fingerprint density at radius 1 is 1.22 bits per heavy atom. The van der Waals surface area contributed by atoms with E-state index in [2.05, 4.69) is 10.2 Å². The van der Waals surface area contributed by atoms with Gasteiger partial charge in [0.1, 0.15) is 5.02 Å². The molecule has 1 aliphatic rings. The molecule has 3 rings (SSSR count). The Kier molecular flexibility index (Phi) is 5.14. The third-order valence-electron chi connectivity index (χ3n) is 4.39. The zero-order valence-electron chi connectivity index (χ0n) is 14.3. The summed E-state index contributed by atoms with van der Waals surface area (Å²) < 4.78 is 39.4. The van der Waals surface area contributed by atoms with Crippen LogP contribution < -0.4 is 10.5 Å². The number of piperazine rings is 1. The van der Waals surface area contributed by atoms with E-state index in [9.17, 15) is 22.8 Å². The number of nitrogens with one attached hydrogen (secondary N) is 1. The third-order valence-corrected chi connectivity index (χ3v) is 4.74. The highest BCUT2D eigenvalue weighted by Crippen LogP contribution is 2.33. The lowest BCUT2D eigenvalue weighted by Crippen LogP contribution is -2.50. The summed E-state index contributed by atoms with van der Waals surface area (Å²) in [6, 6.07) is 5.19. The number of alkyl halides is 3. The molecule has 0 atom stereocenters. The zero-order valence-corrected chi connectivity index (χ0v) is 15.1. The number of anilines is 1. The molecule has 0 unspecified atom stereocenters. The smallest absolute Gasteiger partial charge is 0.358 e. The van der Waals surface area contributed by atoms with E-state index in [1.807, 2.05) is 0 Å². The summed E-state index contributed by atoms with van der Waals surface area (Å²) in [7, 11) is 0. The van der Waals surface area contributed by atoms with Gasteiger partial charge in [-0.15, -0.1) is 0 Å². The van der Waals surface area contributed by atoms with E-state index in [-0.39, 0.29) is 36.1 Å². The van der Waals surface area contributed by atoms with Crippen molar-refractivity contribution in [2.24, 2.45) is 0 Å². The molecule has 1 aliphatic heterocycles. The predicted molar refractivity (Wildman–Crippen MR) is 93.7 cm³/mol. The van der Waals surface area contributed by atoms with Crippen LogP contribution in [0.4, 0.5) is 18.9 Å². The van der Waals surface area contributed by atoms with Crippen LogP contribution in [0.15, 0.2) is 29.1 Å². The molecule has 0 spiro atoms. The van der Waals surface area contributed by atoms with Crippen LogP contribution >= 0.6 is 11.6 Å². The number of aromatic nitrogens is 2. The van der Waals surface area contributed by atoms with E-state index in [1.54, 1.807) is 11.8 Å². The first kappa shape index (κ1) is 19.2. The Bertz CT molecular complexity index is 929. The van der Waals surface area contributed by atoms with Gasteiger partial charge in [0.15, 0.2) is 0 Å². The molecule has 2 aromatic rings. The van der Waals surface area contributed by atoms with Crippen LogP contribution in [0.25, 0.3) is 0 Å². The largest absolute Gasteiger partial charge is 0.416 e. The van der Waals surface area contributed by atoms with Crippen LogP contribution in [-0.4, -0.2) is 40.6 Å². The van der Waals surface area contributed by atoms with Crippen molar-refractivity contribution in [1.29, 1.82) is 0 Å². The van der Waals surface area contributed by atoms with Crippen LogP contribution in [0.5, 0.6) is 0 Å². The van der Waals surface area contributed by atoms with Crippen molar-refractivity contribution >= 4 is 23.2 Å². The van der Waals surface area contributed by atoms with Gasteiger partial charge < -0.3 is 9.80 Å². The van der Waals surface area contributed by atoms with Gasteiger partial charge in [-0.1, -0.05) is 29.8 Å². The second-order valence-corrected chi connectivity index (χ2v) is 6.57. The maximum atomic E-state index is 13.1. The monoisotopic (exact) mass is 400 g/mol. The number of hydrogen-bond donors (Lipinski definition) is 1. The number of nitrogens with zero attached hydrogens (tertiary/aromatic N) is 3. The first-order valence-corrected chi connectivity index (χ1v) is 8.49. The Morgan fingerprint density at radius 2 is 1.93 bits per heavy atom. The van der Waals surface area contributed by atoms with Crippen LogP contribution in [-0.2, 0) is 17.5 Å². The van der Waals surface area contributed by atoms with Crippen molar-refractivity contribution in [3.05, 3.63) is 56.5 Å². The molecule has 1 aromatic heterocycles. The normalized spacial score (nSPS) is 15.4. The number of benzene rings is 1. The Labute approximate surface area is 157 Å². The van der Waals surface area contributed by atoms with Crippen LogP contribution in [0.3, 0.4) is 0 Å². The minimum Gasteiger partial charge on any atom is -0.358 e. The van der Waals surface area contributed by atoms with Crippen molar-refractivity contribution in [3.63, 3.8) is 0 Å². The van der Waals surface area contributed by atoms with Gasteiger partial charge in [0, 0.05) is 19.6 Å². The Balaban J connectivity index is 1.79. The van der Waals surface area contributed by atoms with E-state index >= 15 is 0 Å². The van der Waals surface area contributed by atoms with Crippen LogP contribution in [0.2, 0.25) is 5.02 Å². The minimum absolute atomic E-state index is 0.0406. The van der Waals surface area contributed by atoms with Gasteiger partial charge in [0.2, 0.25) is 5.91 Å². The first-order chi connectivity index (χ1) is 12.7. The number of carbonyl (C=O) groups excluding carboxylic acids is 1. The molecule has 0 bridgehead atoms. The van der Waals surface area contributed by atoms with Gasteiger partial charge in [-0.05, 0) is 18.6 Å². The molecule has 1 fully saturated rings. The summed E-state index contributed by atoms with van der Waals surface area (Å²) in [4.78, 5) is 27.2. The van der Waals surface area contributed by atoms with Crippen molar-refractivity contribution in [2.45, 2.75) is 19.6 Å². The van der Waals surface area contributed by atoms with Crippen molar-refractivity contribution in [1.82, 2.24) is 15.1 Å². The molecule has 10 heteroatoms. The first-order valence-electron chi connectivity index (χ1n) is 8.11. The lowest BCUT2D eigenvalue weighted by Gasteiger charge is -2.36. The number of carbonyl (C=O) groups is 1. The van der Waals surface area contributed by atoms with Crippen molar-refractivity contribution in [3.8, 4) is 0 Å². The number of aromatic amines is 1. The van der Waals surface area contributed by atoms with E-state index in [4.69, 9.17) is 11.6 Å². The van der Waals surface area contributed by atoms with E-state index in [0.717, 1.165) is 6.07 Å². The SMILES string of the molecule is Cc1n[nH]c(=O)c(Cl)c1N1CCN(Cc2ccccc2C(F)(F)F)C(=O)C1. The van der Waals surface area contributed by atoms with Gasteiger partial charge in [0.25, 0.3) is 5.56 Å². The number of H-pyrrole nitrogens is 1. The molecule has 1 aromatic carbocycles. The fourth-order valence-electron chi connectivity index (χ4n) is 3.08. The summed E-state index contributed by atoms with van der Waals surface area (Å²) in [5, 5.41) is 6.04. The number of aryl methyl sites for hydroxylation is 1. The quantitative estimate of drug-likeness (QED) is 0.860. The fourth-order valence-corrected chi connectivity index (χ4v) is 3.38. The lowest BCUT2D eigenvalue weighted by molar-refractivity contribution is -0.140. The molecule has 6 nitrogen and oxygen atoms in total. The van der Waals surface area contributed by atoms with Gasteiger partial charge >= 0.3 is 6.18 Å². The average Bonchev–Trinajstić information content (AvgIpc) is 2.60. The zero-order chi connectivity index (χ0) is 19.8. The van der Waals surface area contributed by atoms with Gasteiger partial charge in [0.05, 0.1) is 23.5 Å². The molecule has 144 valence electrons. The summed E-state index contributed by atoms with van der Waals surface area (Å²) >= 11 is 6.04. The van der Waals surface area contributed by atoms with Crippen LogP contribution in [0, 0.1) is 6.92 Å². The van der Waals surface area contributed by atoms with E-state index < -0.39 is 17.3 Å². The predicted octanol–water partition coefficient (Wildman–Crippen LogP) is 2.60. The molecular weight excluding hydrogens is 385 g/mol. The lowest BCUT2D eigenvalue weighted by atomic mass is 10.1. The summed E-state index contributed by atoms with van der Waals surface area (Å²) in [6.07, 6.45) is -4.48. The highest BCUT2D eigenvalue weighted by atomic mass is 35.5. The highest BCUT2D eigenvalue weighted by molar-refractivity contribution is 6.33. The van der Waals surface area contributed by atoms with Crippen molar-refractivity contribution < 1.29 is 18.0 Å². The van der Waals surface area contributed by atoms with Crippen LogP contribution in [0.1, 0.15) is 16.8 Å². The molecule has 1 amide bonds. The third kappa shape index (κ3) is 3.92. The summed E-state index contributed by atoms with van der Waals surface area (Å²) in [6.45, 7) is 1.94. The molecule has 1 N–H and O–H groups in total. The maximum Gasteiger partial charge on any atom is 0.416 e. The summed E-state index contributed by atoms with van der Waals surface area (Å²) in [5.74, 6) is -0.353. The highest BCUT2D eigenvalue weighted by Gasteiger charge is 2.34. The summed E-state index contributed by atoms with van der Waals surface area (Å²) in [5.41, 5.74) is -0.449. The second kappa shape index (κ2) is 7.22. The molecule has 2 heterocycles. The van der Waals surface area contributed by atoms with Gasteiger partial charge in [-0.2, -0.15) is 18.3 Å². The van der Waals surface area contributed by atoms with Gasteiger partial charge in [-0.25, -0.2) is 5.10 Å². The maximum absolute atomic E-state index is 13.1. The fraction of sp³-hybridized carbons (Fsp3) is 0.353. The van der Waals surface area contributed by atoms with E-state index in [1.165, 1.54) is 23.1 Å². The second-order valence-electron chi connectivity index (χ2n) is 6.19. The average molecular weight is 401 g/mol. The Hall–Kier alpha value is -2.55. The number of halogens is 4. The molecule has 0 aliphatic carbocycles. The number of amides is 1. The Morgan fingerprint density at radius 3 is 2.59 bits per heavy atom. The number of rotatable bonds is 3. The minimum atomic E-state index is -4.48.